The van der Waals surface area contributed by atoms with Crippen molar-refractivity contribution in [1.29, 1.82) is 0 Å². The molecule has 0 aliphatic carbocycles. The molecular weight excluding hydrogens is 396 g/mol. The molecule has 0 aliphatic rings. The van der Waals surface area contributed by atoms with Crippen LogP contribution in [0.3, 0.4) is 0 Å². The van der Waals surface area contributed by atoms with Gasteiger partial charge in [-0.05, 0) is 43.0 Å². The highest BCUT2D eigenvalue weighted by molar-refractivity contribution is 5.88. The van der Waals surface area contributed by atoms with E-state index in [0.29, 0.717) is 13.0 Å². The van der Waals surface area contributed by atoms with Crippen molar-refractivity contribution in [2.45, 2.75) is 46.2 Å². The van der Waals surface area contributed by atoms with Gasteiger partial charge in [-0.25, -0.2) is 0 Å². The average Bonchev–Trinajstić information content (AvgIpc) is 2.78. The van der Waals surface area contributed by atoms with Crippen LogP contribution in [0.5, 0.6) is 0 Å². The molecule has 0 saturated carbocycles. The fraction of sp³-hybridized carbons (Fsp3) is 0.286. The zero-order valence-corrected chi connectivity index (χ0v) is 19.4. The van der Waals surface area contributed by atoms with Crippen LogP contribution in [0.1, 0.15) is 33.4 Å². The summed E-state index contributed by atoms with van der Waals surface area (Å²) in [7, 11) is 1.63. The van der Waals surface area contributed by atoms with Crippen molar-refractivity contribution in [1.82, 2.24) is 10.2 Å². The quantitative estimate of drug-likeness (QED) is 0.573. The number of rotatable bonds is 8. The number of nitrogens with one attached hydrogen (secondary N) is 1. The molecule has 3 rings (SSSR count). The molecule has 32 heavy (non-hydrogen) atoms. The second kappa shape index (κ2) is 10.8. The van der Waals surface area contributed by atoms with E-state index < -0.39 is 6.04 Å². The molecular formula is C28H32N2O2. The molecule has 2 amide bonds. The Hall–Kier alpha value is -3.40. The third-order valence-electron chi connectivity index (χ3n) is 5.80. The van der Waals surface area contributed by atoms with Crippen LogP contribution in [-0.4, -0.2) is 29.8 Å². The normalized spacial score (nSPS) is 11.6. The Kier molecular flexibility index (Phi) is 7.82. The van der Waals surface area contributed by atoms with Crippen molar-refractivity contribution in [3.8, 4) is 0 Å². The first kappa shape index (κ1) is 23.3. The number of nitrogens with zero attached hydrogens (tertiary/aromatic N) is 1. The van der Waals surface area contributed by atoms with E-state index in [1.165, 1.54) is 0 Å². The summed E-state index contributed by atoms with van der Waals surface area (Å²) in [5.74, 6) is -0.208. The van der Waals surface area contributed by atoms with E-state index in [2.05, 4.69) is 23.5 Å². The minimum absolute atomic E-state index is 0.0512. The second-order valence-electron chi connectivity index (χ2n) is 8.44. The van der Waals surface area contributed by atoms with Gasteiger partial charge in [0.25, 0.3) is 0 Å². The average molecular weight is 429 g/mol. The molecule has 1 N–H and O–H groups in total. The lowest BCUT2D eigenvalue weighted by Gasteiger charge is -2.31. The third kappa shape index (κ3) is 6.07. The lowest BCUT2D eigenvalue weighted by atomic mass is 9.99. The Labute approximate surface area is 191 Å². The Balaban J connectivity index is 1.97. The van der Waals surface area contributed by atoms with Crippen molar-refractivity contribution in [3.63, 3.8) is 0 Å². The number of carbonyl (C=O) groups excluding carboxylic acids is 2. The van der Waals surface area contributed by atoms with Gasteiger partial charge in [0.15, 0.2) is 0 Å². The number of likely N-dealkylation sites (N-methyl/N-ethyl adjacent to an activating group) is 1. The maximum absolute atomic E-state index is 13.7. The van der Waals surface area contributed by atoms with Gasteiger partial charge >= 0.3 is 0 Å². The Bertz CT molecular complexity index is 1080. The zero-order valence-electron chi connectivity index (χ0n) is 19.4. The van der Waals surface area contributed by atoms with Crippen LogP contribution in [0.25, 0.3) is 0 Å². The molecule has 4 nitrogen and oxygen atoms in total. The largest absolute Gasteiger partial charge is 0.357 e. The maximum Gasteiger partial charge on any atom is 0.242 e. The lowest BCUT2D eigenvalue weighted by Crippen LogP contribution is -2.50. The first-order valence-electron chi connectivity index (χ1n) is 11.0. The van der Waals surface area contributed by atoms with Gasteiger partial charge in [-0.1, -0.05) is 83.9 Å². The molecule has 1 atom stereocenters. The van der Waals surface area contributed by atoms with E-state index in [4.69, 9.17) is 0 Å². The Morgan fingerprint density at radius 1 is 0.844 bits per heavy atom. The van der Waals surface area contributed by atoms with E-state index in [1.807, 2.05) is 75.4 Å². The van der Waals surface area contributed by atoms with Crippen LogP contribution in [0.15, 0.2) is 72.8 Å². The van der Waals surface area contributed by atoms with E-state index in [0.717, 1.165) is 33.4 Å². The zero-order chi connectivity index (χ0) is 23.1. The van der Waals surface area contributed by atoms with Crippen LogP contribution < -0.4 is 5.32 Å². The number of benzene rings is 3. The summed E-state index contributed by atoms with van der Waals surface area (Å²) >= 11 is 0. The summed E-state index contributed by atoms with van der Waals surface area (Å²) < 4.78 is 0. The van der Waals surface area contributed by atoms with Gasteiger partial charge in [0.1, 0.15) is 6.04 Å². The van der Waals surface area contributed by atoms with E-state index in [9.17, 15) is 9.59 Å². The number of hydrogen-bond donors (Lipinski definition) is 1. The van der Waals surface area contributed by atoms with Crippen LogP contribution >= 0.6 is 0 Å². The van der Waals surface area contributed by atoms with Gasteiger partial charge in [0, 0.05) is 20.0 Å². The van der Waals surface area contributed by atoms with Crippen molar-refractivity contribution in [2.75, 3.05) is 7.05 Å². The van der Waals surface area contributed by atoms with Crippen molar-refractivity contribution in [3.05, 3.63) is 106 Å². The Morgan fingerprint density at radius 2 is 1.53 bits per heavy atom. The molecule has 0 bridgehead atoms. The van der Waals surface area contributed by atoms with Gasteiger partial charge in [-0.15, -0.1) is 0 Å². The van der Waals surface area contributed by atoms with Gasteiger partial charge in [-0.3, -0.25) is 9.59 Å². The minimum Gasteiger partial charge on any atom is -0.357 e. The molecule has 3 aromatic carbocycles. The fourth-order valence-corrected chi connectivity index (χ4v) is 3.98. The van der Waals surface area contributed by atoms with Crippen LogP contribution in [0.4, 0.5) is 0 Å². The van der Waals surface area contributed by atoms with Gasteiger partial charge in [0.2, 0.25) is 11.8 Å². The summed E-state index contributed by atoms with van der Waals surface area (Å²) in [5.41, 5.74) is 6.37. The van der Waals surface area contributed by atoms with E-state index in [1.54, 1.807) is 11.9 Å². The number of amides is 2. The summed E-state index contributed by atoms with van der Waals surface area (Å²) in [6.07, 6.45) is 0.729. The van der Waals surface area contributed by atoms with Crippen LogP contribution in [0.2, 0.25) is 0 Å². The first-order chi connectivity index (χ1) is 15.4. The summed E-state index contributed by atoms with van der Waals surface area (Å²) in [4.78, 5) is 28.4. The molecule has 0 heterocycles. The minimum atomic E-state index is -0.597. The molecule has 0 radical (unpaired) electrons. The standard InChI is InChI=1S/C28H32N2O2/c1-20-9-8-12-24(15-20)19-30(27(31)18-25-16-21(2)13-14-22(25)3)26(28(32)29-4)17-23-10-6-5-7-11-23/h5-16,26H,17-19H2,1-4H3,(H,29,32)/t26-/m1/s1. The predicted octanol–water partition coefficient (Wildman–Crippen LogP) is 4.54. The van der Waals surface area contributed by atoms with Crippen LogP contribution in [0, 0.1) is 20.8 Å². The molecule has 166 valence electrons. The van der Waals surface area contributed by atoms with Crippen LogP contribution in [-0.2, 0) is 29.0 Å². The van der Waals surface area contributed by atoms with Gasteiger partial charge in [0.05, 0.1) is 6.42 Å². The highest BCUT2D eigenvalue weighted by Gasteiger charge is 2.30. The molecule has 0 unspecified atom stereocenters. The molecule has 3 aromatic rings. The van der Waals surface area contributed by atoms with Crippen molar-refractivity contribution in [2.24, 2.45) is 0 Å². The van der Waals surface area contributed by atoms with E-state index in [-0.39, 0.29) is 18.2 Å². The SMILES string of the molecule is CNC(=O)[C@@H](Cc1ccccc1)N(Cc1cccc(C)c1)C(=O)Cc1cc(C)ccc1C. The molecule has 0 saturated heterocycles. The first-order valence-corrected chi connectivity index (χ1v) is 11.0. The lowest BCUT2D eigenvalue weighted by molar-refractivity contribution is -0.140. The summed E-state index contributed by atoms with van der Waals surface area (Å²) in [5, 5.41) is 2.77. The highest BCUT2D eigenvalue weighted by Crippen LogP contribution is 2.19. The third-order valence-corrected chi connectivity index (χ3v) is 5.80. The van der Waals surface area contributed by atoms with E-state index >= 15 is 0 Å². The molecule has 0 spiro atoms. The topological polar surface area (TPSA) is 49.4 Å². The number of carbonyl (C=O) groups is 2. The highest BCUT2D eigenvalue weighted by atomic mass is 16.2. The Morgan fingerprint density at radius 3 is 2.22 bits per heavy atom. The number of hydrogen-bond acceptors (Lipinski definition) is 2. The molecule has 0 fully saturated rings. The monoisotopic (exact) mass is 428 g/mol. The van der Waals surface area contributed by atoms with Gasteiger partial charge < -0.3 is 10.2 Å². The fourth-order valence-electron chi connectivity index (χ4n) is 3.98. The molecule has 0 aliphatic heterocycles. The predicted molar refractivity (Wildman–Crippen MR) is 129 cm³/mol. The molecule has 4 heteroatoms. The smallest absolute Gasteiger partial charge is 0.242 e. The van der Waals surface area contributed by atoms with Crippen molar-refractivity contribution < 1.29 is 9.59 Å². The second-order valence-corrected chi connectivity index (χ2v) is 8.44. The van der Waals surface area contributed by atoms with Crippen molar-refractivity contribution >= 4 is 11.8 Å². The maximum atomic E-state index is 13.7. The number of aryl methyl sites for hydroxylation is 3. The summed E-state index contributed by atoms with van der Waals surface area (Å²) in [6, 6.07) is 23.5. The van der Waals surface area contributed by atoms with Gasteiger partial charge in [-0.2, -0.15) is 0 Å². The molecule has 0 aromatic heterocycles. The summed E-state index contributed by atoms with van der Waals surface area (Å²) in [6.45, 7) is 6.47.